The molecule has 32 heavy (non-hydrogen) atoms. The molecule has 1 saturated heterocycles. The quantitative estimate of drug-likeness (QED) is 0.500. The van der Waals surface area contributed by atoms with Crippen LogP contribution in [0.3, 0.4) is 0 Å². The molecule has 0 unspecified atom stereocenters. The number of aliphatic hydroxyl groups excluding tert-OH is 1. The fourth-order valence-electron chi connectivity index (χ4n) is 4.62. The first-order chi connectivity index (χ1) is 15.3. The molecule has 6 nitrogen and oxygen atoms in total. The number of amides is 2. The molecule has 0 spiro atoms. The van der Waals surface area contributed by atoms with E-state index >= 15 is 0 Å². The number of hydrogen-bond donors (Lipinski definition) is 4. The van der Waals surface area contributed by atoms with E-state index < -0.39 is 41.4 Å². The average molecular weight is 443 g/mol. The minimum atomic E-state index is -0.980. The van der Waals surface area contributed by atoms with Gasteiger partial charge in [0.25, 0.3) is 0 Å². The third-order valence-electron chi connectivity index (χ3n) is 6.36. The van der Waals surface area contributed by atoms with Crippen molar-refractivity contribution in [2.24, 2.45) is 5.92 Å². The number of H-pyrrole nitrogens is 1. The molecular formula is C23H20F3N3O3. The van der Waals surface area contributed by atoms with Gasteiger partial charge in [0.2, 0.25) is 11.8 Å². The van der Waals surface area contributed by atoms with Gasteiger partial charge in [-0.15, -0.1) is 0 Å². The van der Waals surface area contributed by atoms with Crippen molar-refractivity contribution in [3.63, 3.8) is 0 Å². The maximum Gasteiger partial charge on any atom is 0.245 e. The lowest BCUT2D eigenvalue weighted by molar-refractivity contribution is -0.133. The Bertz CT molecular complexity index is 1220. The summed E-state index contributed by atoms with van der Waals surface area (Å²) in [6.45, 7) is 0.0879. The summed E-state index contributed by atoms with van der Waals surface area (Å²) in [4.78, 5) is 27.3. The zero-order valence-electron chi connectivity index (χ0n) is 16.8. The van der Waals surface area contributed by atoms with Gasteiger partial charge in [0.15, 0.2) is 0 Å². The number of nitrogens with one attached hydrogen (secondary N) is 3. The fourth-order valence-corrected chi connectivity index (χ4v) is 4.62. The first-order valence-electron chi connectivity index (χ1n) is 10.3. The van der Waals surface area contributed by atoms with Crippen LogP contribution in [0, 0.1) is 23.4 Å². The third kappa shape index (κ3) is 3.42. The molecule has 4 N–H and O–H groups in total. The number of aromatic amines is 1. The number of rotatable bonds is 4. The van der Waals surface area contributed by atoms with E-state index in [1.165, 1.54) is 18.2 Å². The van der Waals surface area contributed by atoms with Crippen LogP contribution in [0.15, 0.2) is 36.4 Å². The molecule has 2 atom stereocenters. The highest BCUT2D eigenvalue weighted by Gasteiger charge is 2.41. The minimum absolute atomic E-state index is 0.0879. The zero-order chi connectivity index (χ0) is 22.6. The molecule has 1 aliphatic heterocycles. The van der Waals surface area contributed by atoms with Crippen LogP contribution in [-0.4, -0.2) is 40.6 Å². The van der Waals surface area contributed by atoms with Crippen LogP contribution in [0.4, 0.5) is 13.2 Å². The Balaban J connectivity index is 1.44. The summed E-state index contributed by atoms with van der Waals surface area (Å²) in [6, 6.07) is 6.76. The number of aliphatic hydroxyl groups is 1. The predicted molar refractivity (Wildman–Crippen MR) is 110 cm³/mol. The van der Waals surface area contributed by atoms with E-state index in [9.17, 15) is 27.9 Å². The van der Waals surface area contributed by atoms with Gasteiger partial charge in [-0.25, -0.2) is 13.2 Å². The summed E-state index contributed by atoms with van der Waals surface area (Å²) >= 11 is 0. The zero-order valence-corrected chi connectivity index (χ0v) is 16.8. The van der Waals surface area contributed by atoms with E-state index in [0.717, 1.165) is 6.07 Å². The number of benzene rings is 2. The van der Waals surface area contributed by atoms with Gasteiger partial charge in [0, 0.05) is 23.9 Å². The van der Waals surface area contributed by atoms with E-state index in [2.05, 4.69) is 15.6 Å². The molecule has 2 heterocycles. The van der Waals surface area contributed by atoms with E-state index in [-0.39, 0.29) is 23.9 Å². The van der Waals surface area contributed by atoms with Crippen molar-refractivity contribution in [3.8, 4) is 11.3 Å². The molecule has 2 aliphatic rings. The molecule has 2 fully saturated rings. The Labute approximate surface area is 180 Å². The highest BCUT2D eigenvalue weighted by atomic mass is 19.1. The lowest BCUT2D eigenvalue weighted by atomic mass is 9.69. The fraction of sp³-hybridized carbons (Fsp3) is 0.304. The Morgan fingerprint density at radius 1 is 1.06 bits per heavy atom. The van der Waals surface area contributed by atoms with Crippen LogP contribution in [0.5, 0.6) is 0 Å². The number of fused-ring (bicyclic) bond motifs is 1. The van der Waals surface area contributed by atoms with Crippen molar-refractivity contribution < 1.29 is 27.9 Å². The van der Waals surface area contributed by atoms with Crippen LogP contribution in [0.2, 0.25) is 0 Å². The SMILES string of the molecule is O=C1NC[C@@H](O)[C@@H]1NC(=O)[C@H]1C[C@H](c2c(-c3ccc(F)cc3)[nH]c3c(F)cc(F)cc32)C1. The first kappa shape index (κ1) is 20.6. The van der Waals surface area contributed by atoms with Crippen LogP contribution < -0.4 is 10.6 Å². The number of halogens is 3. The summed E-state index contributed by atoms with van der Waals surface area (Å²) in [7, 11) is 0. The number of aromatic nitrogens is 1. The Hall–Kier alpha value is -3.33. The second-order valence-corrected chi connectivity index (χ2v) is 8.39. The van der Waals surface area contributed by atoms with Crippen molar-refractivity contribution in [2.75, 3.05) is 6.54 Å². The van der Waals surface area contributed by atoms with Gasteiger partial charge in [-0.1, -0.05) is 0 Å². The highest BCUT2D eigenvalue weighted by molar-refractivity contribution is 5.93. The van der Waals surface area contributed by atoms with Crippen LogP contribution >= 0.6 is 0 Å². The van der Waals surface area contributed by atoms with Gasteiger partial charge < -0.3 is 20.7 Å². The molecule has 1 aliphatic carbocycles. The van der Waals surface area contributed by atoms with Crippen molar-refractivity contribution >= 4 is 22.7 Å². The van der Waals surface area contributed by atoms with Gasteiger partial charge >= 0.3 is 0 Å². The van der Waals surface area contributed by atoms with Crippen LogP contribution in [0.1, 0.15) is 24.3 Å². The molecule has 2 amide bonds. The van der Waals surface area contributed by atoms with Gasteiger partial charge in [-0.05, 0) is 60.2 Å². The average Bonchev–Trinajstić information content (AvgIpc) is 3.23. The molecule has 1 aromatic heterocycles. The summed E-state index contributed by atoms with van der Waals surface area (Å²) in [6.07, 6.45) is -0.155. The summed E-state index contributed by atoms with van der Waals surface area (Å²) < 4.78 is 41.9. The molecular weight excluding hydrogens is 423 g/mol. The van der Waals surface area contributed by atoms with Crippen molar-refractivity contribution in [1.29, 1.82) is 0 Å². The molecule has 1 saturated carbocycles. The number of carbonyl (C=O) groups excluding carboxylic acids is 2. The molecule has 9 heteroatoms. The van der Waals surface area contributed by atoms with Crippen LogP contribution in [-0.2, 0) is 9.59 Å². The van der Waals surface area contributed by atoms with Crippen LogP contribution in [0.25, 0.3) is 22.2 Å². The first-order valence-corrected chi connectivity index (χ1v) is 10.3. The van der Waals surface area contributed by atoms with Gasteiger partial charge in [-0.2, -0.15) is 0 Å². The van der Waals surface area contributed by atoms with E-state index in [4.69, 9.17) is 0 Å². The smallest absolute Gasteiger partial charge is 0.245 e. The Morgan fingerprint density at radius 2 is 1.78 bits per heavy atom. The van der Waals surface area contributed by atoms with Crippen molar-refractivity contribution in [1.82, 2.24) is 15.6 Å². The van der Waals surface area contributed by atoms with E-state index in [1.54, 1.807) is 12.1 Å². The van der Waals surface area contributed by atoms with E-state index in [1.807, 2.05) is 0 Å². The molecule has 2 aromatic carbocycles. The molecule has 3 aromatic rings. The largest absolute Gasteiger partial charge is 0.389 e. The Morgan fingerprint density at radius 3 is 2.44 bits per heavy atom. The number of hydrogen-bond acceptors (Lipinski definition) is 3. The Kier molecular flexibility index (Phi) is 4.93. The topological polar surface area (TPSA) is 94.2 Å². The third-order valence-corrected chi connectivity index (χ3v) is 6.36. The monoisotopic (exact) mass is 443 g/mol. The molecule has 166 valence electrons. The molecule has 0 radical (unpaired) electrons. The number of β-amino-alcohol motifs (C(OH)–C–C–N with tert-alkyl or cyclic N) is 1. The lowest BCUT2D eigenvalue weighted by Crippen LogP contribution is -2.49. The molecule has 5 rings (SSSR count). The van der Waals surface area contributed by atoms with Gasteiger partial charge in [0.05, 0.1) is 11.2 Å². The highest BCUT2D eigenvalue weighted by Crippen LogP contribution is 2.48. The summed E-state index contributed by atoms with van der Waals surface area (Å²) in [5.41, 5.74) is 2.00. The maximum atomic E-state index is 14.5. The summed E-state index contributed by atoms with van der Waals surface area (Å²) in [5.74, 6) is -3.19. The van der Waals surface area contributed by atoms with E-state index in [0.29, 0.717) is 35.0 Å². The standard InChI is InChI=1S/C23H20F3N3O3/c24-13-3-1-10(2-4-13)19-18(15-7-14(25)8-16(26)20(15)28-19)11-5-12(6-11)22(31)29-21-17(30)9-27-23(21)32/h1-4,7-8,11-12,17,21,28,30H,5-6,9H2,(H,27,32)(H,29,31)/t11-,12-,17-,21+/m1/s1. The van der Waals surface area contributed by atoms with Crippen molar-refractivity contribution in [2.45, 2.75) is 30.9 Å². The van der Waals surface area contributed by atoms with Gasteiger partial charge in [-0.3, -0.25) is 9.59 Å². The lowest BCUT2D eigenvalue weighted by Gasteiger charge is -2.35. The summed E-state index contributed by atoms with van der Waals surface area (Å²) in [5, 5.41) is 15.3. The minimum Gasteiger partial charge on any atom is -0.389 e. The predicted octanol–water partition coefficient (Wildman–Crippen LogP) is 2.72. The number of carbonyl (C=O) groups is 2. The van der Waals surface area contributed by atoms with Crippen molar-refractivity contribution in [3.05, 3.63) is 59.4 Å². The second-order valence-electron chi connectivity index (χ2n) is 8.39. The normalized spacial score (nSPS) is 24.9. The second kappa shape index (κ2) is 7.67. The molecule has 0 bridgehead atoms. The maximum absolute atomic E-state index is 14.5. The van der Waals surface area contributed by atoms with Gasteiger partial charge in [0.1, 0.15) is 29.6 Å².